The van der Waals surface area contributed by atoms with Crippen LogP contribution in [0.15, 0.2) is 11.0 Å². The minimum atomic E-state index is -6.00. The summed E-state index contributed by atoms with van der Waals surface area (Å²) in [5.41, 5.74) is -9.23. The second kappa shape index (κ2) is 7.78. The normalized spacial score (nSPS) is 18.2. The Morgan fingerprint density at radius 2 is 1.65 bits per heavy atom. The van der Waals surface area contributed by atoms with Gasteiger partial charge in [0.05, 0.1) is 21.7 Å². The Hall–Kier alpha value is -2.12. The van der Waals surface area contributed by atoms with Gasteiger partial charge < -0.3 is 19.2 Å². The lowest BCUT2D eigenvalue weighted by Crippen LogP contribution is -2.41. The van der Waals surface area contributed by atoms with Crippen molar-refractivity contribution in [2.75, 3.05) is 0 Å². The fourth-order valence-electron chi connectivity index (χ4n) is 3.02. The van der Waals surface area contributed by atoms with E-state index in [-0.39, 0.29) is 11.0 Å². The Labute approximate surface area is 177 Å². The maximum Gasteiger partial charge on any atom is 0.501 e. The first kappa shape index (κ1) is 25.1. The van der Waals surface area contributed by atoms with Gasteiger partial charge in [0.1, 0.15) is 6.61 Å². The highest BCUT2D eigenvalue weighted by molar-refractivity contribution is 7.92. The van der Waals surface area contributed by atoms with Crippen molar-refractivity contribution in [3.63, 3.8) is 0 Å². The minimum Gasteiger partial charge on any atom is -0.478 e. The molecule has 13 heteroatoms. The van der Waals surface area contributed by atoms with Crippen LogP contribution in [-0.4, -0.2) is 49.3 Å². The van der Waals surface area contributed by atoms with E-state index in [0.29, 0.717) is 6.07 Å². The number of sulfone groups is 1. The number of hydrogen-bond donors (Lipinski definition) is 1. The van der Waals surface area contributed by atoms with Gasteiger partial charge in [0, 0.05) is 12.5 Å². The van der Waals surface area contributed by atoms with Crippen LogP contribution in [0.3, 0.4) is 0 Å². The monoisotopic (exact) mass is 466 g/mol. The molecule has 172 valence electrons. The fourth-order valence-corrected chi connectivity index (χ4v) is 4.04. The zero-order valence-corrected chi connectivity index (χ0v) is 18.5. The van der Waals surface area contributed by atoms with Crippen molar-refractivity contribution < 1.29 is 50.3 Å². The molecule has 0 radical (unpaired) electrons. The third-order valence-corrected chi connectivity index (χ3v) is 6.99. The third kappa shape index (κ3) is 4.44. The van der Waals surface area contributed by atoms with Gasteiger partial charge in [-0.05, 0) is 51.7 Å². The zero-order valence-electron chi connectivity index (χ0n) is 17.7. The third-order valence-electron chi connectivity index (χ3n) is 5.44. The van der Waals surface area contributed by atoms with Crippen molar-refractivity contribution in [3.05, 3.63) is 22.8 Å². The first-order chi connectivity index (χ1) is 13.8. The van der Waals surface area contributed by atoms with Gasteiger partial charge in [-0.3, -0.25) is 4.79 Å². The molecule has 1 saturated heterocycles. The molecular formula is C18H22BF3O8S. The molecule has 0 aliphatic carbocycles. The molecule has 31 heavy (non-hydrogen) atoms. The van der Waals surface area contributed by atoms with E-state index in [1.54, 1.807) is 27.7 Å². The van der Waals surface area contributed by atoms with Crippen LogP contribution < -0.4 is 5.46 Å². The number of rotatable bonds is 5. The summed E-state index contributed by atoms with van der Waals surface area (Å²) in [5.74, 6) is -2.52. The highest BCUT2D eigenvalue weighted by atomic mass is 32.2. The van der Waals surface area contributed by atoms with Crippen LogP contribution in [0.4, 0.5) is 13.2 Å². The molecule has 1 N–H and O–H groups in total. The summed E-state index contributed by atoms with van der Waals surface area (Å²) in [6.45, 7) is 8.03. The quantitative estimate of drug-likeness (QED) is 0.520. The van der Waals surface area contributed by atoms with E-state index in [1.165, 1.54) is 6.92 Å². The van der Waals surface area contributed by atoms with Crippen LogP contribution in [0, 0.1) is 6.92 Å². The number of ether oxygens (including phenoxy) is 1. The Morgan fingerprint density at radius 3 is 2.03 bits per heavy atom. The predicted molar refractivity (Wildman–Crippen MR) is 103 cm³/mol. The van der Waals surface area contributed by atoms with E-state index in [4.69, 9.17) is 14.0 Å². The highest BCUT2D eigenvalue weighted by Gasteiger charge is 2.55. The predicted octanol–water partition coefficient (Wildman–Crippen LogP) is 2.35. The Kier molecular flexibility index (Phi) is 6.31. The lowest BCUT2D eigenvalue weighted by atomic mass is 9.72. The summed E-state index contributed by atoms with van der Waals surface area (Å²) in [6.07, 6.45) is 0. The lowest BCUT2D eigenvalue weighted by Gasteiger charge is -2.32. The lowest BCUT2D eigenvalue weighted by molar-refractivity contribution is -0.142. The van der Waals surface area contributed by atoms with Gasteiger partial charge >= 0.3 is 24.6 Å². The first-order valence-electron chi connectivity index (χ1n) is 9.03. The molecule has 0 amide bonds. The molecule has 0 aromatic heterocycles. The Balaban J connectivity index is 2.93. The minimum absolute atomic E-state index is 0.0747. The molecule has 1 aliphatic rings. The summed E-state index contributed by atoms with van der Waals surface area (Å²) in [4.78, 5) is 21.7. The maximum absolute atomic E-state index is 13.4. The second-order valence-electron chi connectivity index (χ2n) is 8.06. The molecule has 0 bridgehead atoms. The number of alkyl halides is 3. The number of esters is 1. The number of aromatic carboxylic acids is 1. The van der Waals surface area contributed by atoms with Gasteiger partial charge in [-0.1, -0.05) is 0 Å². The fraction of sp³-hybridized carbons (Fsp3) is 0.556. The van der Waals surface area contributed by atoms with E-state index in [2.05, 4.69) is 0 Å². The summed E-state index contributed by atoms with van der Waals surface area (Å²) < 4.78 is 81.2. The van der Waals surface area contributed by atoms with Crippen LogP contribution in [0.25, 0.3) is 0 Å². The molecule has 0 atom stereocenters. The summed E-state index contributed by atoms with van der Waals surface area (Å²) in [7, 11) is -7.41. The highest BCUT2D eigenvalue weighted by Crippen LogP contribution is 2.39. The number of carbonyl (C=O) groups excluding carboxylic acids is 1. The van der Waals surface area contributed by atoms with E-state index < -0.39 is 68.2 Å². The second-order valence-corrected chi connectivity index (χ2v) is 9.97. The standard InChI is InChI=1S/C18H22BF3O8S/c1-9-11(15(24)25)7-13(31(26,27)18(20,21)22)12(8-28-10(2)23)14(9)19-29-16(3,4)17(5,6)30-19/h7H,8H2,1-6H3,(H,24,25). The largest absolute Gasteiger partial charge is 0.501 e. The van der Waals surface area contributed by atoms with Crippen LogP contribution in [0.2, 0.25) is 0 Å². The van der Waals surface area contributed by atoms with Gasteiger partial charge in [-0.15, -0.1) is 0 Å². The number of carboxylic acids is 1. The van der Waals surface area contributed by atoms with Crippen LogP contribution >= 0.6 is 0 Å². The van der Waals surface area contributed by atoms with Crippen LogP contribution in [0.5, 0.6) is 0 Å². The summed E-state index contributed by atoms with van der Waals surface area (Å²) in [6, 6.07) is 0.411. The molecule has 1 heterocycles. The van der Waals surface area contributed by atoms with Crippen molar-refractivity contribution in [1.29, 1.82) is 0 Å². The van der Waals surface area contributed by atoms with Crippen molar-refractivity contribution in [3.8, 4) is 0 Å². The molecule has 2 rings (SSSR count). The Bertz CT molecular complexity index is 1020. The van der Waals surface area contributed by atoms with Gasteiger partial charge in [0.2, 0.25) is 0 Å². The smallest absolute Gasteiger partial charge is 0.478 e. The van der Waals surface area contributed by atoms with Gasteiger partial charge in [0.25, 0.3) is 9.84 Å². The van der Waals surface area contributed by atoms with Crippen LogP contribution in [-0.2, 0) is 35.3 Å². The molecular weight excluding hydrogens is 444 g/mol. The topological polar surface area (TPSA) is 116 Å². The maximum atomic E-state index is 13.4. The Morgan fingerprint density at radius 1 is 1.16 bits per heavy atom. The van der Waals surface area contributed by atoms with Gasteiger partial charge in [-0.25, -0.2) is 13.2 Å². The summed E-state index contributed by atoms with van der Waals surface area (Å²) >= 11 is 0. The van der Waals surface area contributed by atoms with Gasteiger partial charge in [-0.2, -0.15) is 13.2 Å². The number of carbonyl (C=O) groups is 2. The summed E-state index contributed by atoms with van der Waals surface area (Å²) in [5, 5.41) is 9.50. The van der Waals surface area contributed by atoms with E-state index in [0.717, 1.165) is 6.92 Å². The molecule has 0 saturated carbocycles. The number of halogens is 3. The number of benzene rings is 1. The average molecular weight is 466 g/mol. The molecule has 1 fully saturated rings. The molecule has 8 nitrogen and oxygen atoms in total. The SMILES string of the molecule is CC(=O)OCc1c(S(=O)(=O)C(F)(F)F)cc(C(=O)O)c(C)c1B1OC(C)(C)C(C)(C)O1. The zero-order chi connectivity index (χ0) is 24.2. The molecule has 1 aromatic rings. The van der Waals surface area contributed by atoms with Crippen molar-refractivity contribution in [2.45, 2.75) is 69.8 Å². The first-order valence-corrected chi connectivity index (χ1v) is 10.5. The van der Waals surface area contributed by atoms with Crippen molar-refractivity contribution in [2.24, 2.45) is 0 Å². The van der Waals surface area contributed by atoms with Crippen molar-refractivity contribution >= 4 is 34.4 Å². The number of hydrogen-bond acceptors (Lipinski definition) is 7. The average Bonchev–Trinajstić information content (AvgIpc) is 2.78. The van der Waals surface area contributed by atoms with Crippen molar-refractivity contribution in [1.82, 2.24) is 0 Å². The molecule has 0 unspecified atom stereocenters. The van der Waals surface area contributed by atoms with E-state index in [9.17, 15) is 36.3 Å². The van der Waals surface area contributed by atoms with Gasteiger partial charge in [0.15, 0.2) is 0 Å². The van der Waals surface area contributed by atoms with E-state index >= 15 is 0 Å². The van der Waals surface area contributed by atoms with E-state index in [1.807, 2.05) is 0 Å². The molecule has 1 aromatic carbocycles. The molecule has 1 aliphatic heterocycles. The number of carboxylic acid groups (broad SMARTS) is 1. The van der Waals surface area contributed by atoms with Crippen LogP contribution in [0.1, 0.15) is 56.1 Å². The molecule has 0 spiro atoms.